The van der Waals surface area contributed by atoms with Crippen LogP contribution in [0.4, 0.5) is 0 Å². The molecule has 0 bridgehead atoms. The summed E-state index contributed by atoms with van der Waals surface area (Å²) >= 11 is 0. The molecule has 6 nitrogen and oxygen atoms in total. The van der Waals surface area contributed by atoms with Gasteiger partial charge in [-0.25, -0.2) is 4.98 Å². The average molecular weight is 345 g/mol. The van der Waals surface area contributed by atoms with Crippen LogP contribution in [0.5, 0.6) is 11.5 Å². The van der Waals surface area contributed by atoms with Gasteiger partial charge >= 0.3 is 0 Å². The number of aryl methyl sites for hydroxylation is 1. The molecular formula is C19H27N3O3. The smallest absolute Gasteiger partial charge is 0.125 e. The Morgan fingerprint density at radius 2 is 1.88 bits per heavy atom. The highest BCUT2D eigenvalue weighted by Crippen LogP contribution is 2.30. The van der Waals surface area contributed by atoms with Crippen LogP contribution in [0.1, 0.15) is 30.3 Å². The molecule has 1 fully saturated rings. The summed E-state index contributed by atoms with van der Waals surface area (Å²) in [7, 11) is 5.39. The number of rotatable bonds is 7. The van der Waals surface area contributed by atoms with Crippen LogP contribution in [0.2, 0.25) is 0 Å². The molecule has 0 spiro atoms. The Morgan fingerprint density at radius 3 is 2.44 bits per heavy atom. The summed E-state index contributed by atoms with van der Waals surface area (Å²) in [6.45, 7) is 2.36. The van der Waals surface area contributed by atoms with Crippen molar-refractivity contribution in [2.45, 2.75) is 25.4 Å². The van der Waals surface area contributed by atoms with Crippen LogP contribution in [-0.4, -0.2) is 37.0 Å². The minimum Gasteiger partial charge on any atom is -0.497 e. The number of hydrogen-bond donors (Lipinski definition) is 1. The average Bonchev–Trinajstić information content (AvgIpc) is 3.08. The standard InChI is InChI=1S/C19H27N3O3/c1-22-7-6-20-19(22)18(15-4-8-25-9-5-15)21-13-14-10-16(23-2)12-17(11-14)24-3/h6-7,10-12,15,18,21H,4-5,8-9,13H2,1-3H3. The zero-order valence-electron chi connectivity index (χ0n) is 15.2. The fraction of sp³-hybridized carbons (Fsp3) is 0.526. The molecular weight excluding hydrogens is 318 g/mol. The molecule has 1 aliphatic heterocycles. The monoisotopic (exact) mass is 345 g/mol. The van der Waals surface area contributed by atoms with E-state index in [1.54, 1.807) is 14.2 Å². The van der Waals surface area contributed by atoms with Gasteiger partial charge in [0.1, 0.15) is 17.3 Å². The fourth-order valence-corrected chi connectivity index (χ4v) is 3.39. The van der Waals surface area contributed by atoms with E-state index in [2.05, 4.69) is 14.9 Å². The molecule has 0 amide bonds. The molecule has 1 aromatic heterocycles. The Bertz CT molecular complexity index is 658. The van der Waals surface area contributed by atoms with Crippen molar-refractivity contribution < 1.29 is 14.2 Å². The largest absolute Gasteiger partial charge is 0.497 e. The van der Waals surface area contributed by atoms with E-state index in [-0.39, 0.29) is 6.04 Å². The maximum atomic E-state index is 5.53. The normalized spacial score (nSPS) is 16.6. The van der Waals surface area contributed by atoms with E-state index in [9.17, 15) is 0 Å². The Morgan fingerprint density at radius 1 is 1.20 bits per heavy atom. The Balaban J connectivity index is 1.77. The molecule has 0 aliphatic carbocycles. The lowest BCUT2D eigenvalue weighted by molar-refractivity contribution is 0.0518. The number of nitrogens with zero attached hydrogens (tertiary/aromatic N) is 2. The van der Waals surface area contributed by atoms with Crippen LogP contribution >= 0.6 is 0 Å². The highest BCUT2D eigenvalue weighted by atomic mass is 16.5. The summed E-state index contributed by atoms with van der Waals surface area (Å²) in [5.41, 5.74) is 1.13. The molecule has 1 unspecified atom stereocenters. The van der Waals surface area contributed by atoms with Gasteiger partial charge in [0.15, 0.2) is 0 Å². The van der Waals surface area contributed by atoms with E-state index in [1.807, 2.05) is 37.6 Å². The summed E-state index contributed by atoms with van der Waals surface area (Å²) in [6.07, 6.45) is 5.95. The van der Waals surface area contributed by atoms with Crippen molar-refractivity contribution in [3.63, 3.8) is 0 Å². The van der Waals surface area contributed by atoms with E-state index in [0.29, 0.717) is 5.92 Å². The van der Waals surface area contributed by atoms with Gasteiger partial charge in [-0.05, 0) is 36.5 Å². The van der Waals surface area contributed by atoms with Crippen molar-refractivity contribution in [2.75, 3.05) is 27.4 Å². The first-order valence-corrected chi connectivity index (χ1v) is 8.71. The van der Waals surface area contributed by atoms with Crippen LogP contribution < -0.4 is 14.8 Å². The first-order chi connectivity index (χ1) is 12.2. The fourth-order valence-electron chi connectivity index (χ4n) is 3.39. The number of ether oxygens (including phenoxy) is 3. The van der Waals surface area contributed by atoms with Gasteiger partial charge in [0, 0.05) is 45.3 Å². The molecule has 3 rings (SSSR count). The van der Waals surface area contributed by atoms with Crippen molar-refractivity contribution in [3.8, 4) is 11.5 Å². The molecule has 0 radical (unpaired) electrons. The molecule has 1 atom stereocenters. The zero-order chi connectivity index (χ0) is 17.6. The third-order valence-corrected chi connectivity index (χ3v) is 4.81. The van der Waals surface area contributed by atoms with Crippen LogP contribution in [0.15, 0.2) is 30.6 Å². The number of imidazole rings is 1. The molecule has 1 saturated heterocycles. The van der Waals surface area contributed by atoms with E-state index in [4.69, 9.17) is 14.2 Å². The highest BCUT2D eigenvalue weighted by Gasteiger charge is 2.27. The summed E-state index contributed by atoms with van der Waals surface area (Å²) in [5, 5.41) is 3.70. The highest BCUT2D eigenvalue weighted by molar-refractivity contribution is 5.38. The van der Waals surface area contributed by atoms with Crippen LogP contribution in [-0.2, 0) is 18.3 Å². The first kappa shape index (κ1) is 17.8. The van der Waals surface area contributed by atoms with Gasteiger partial charge in [-0.15, -0.1) is 0 Å². The Labute approximate surface area is 149 Å². The SMILES string of the molecule is COc1cc(CNC(c2nccn2C)C2CCOCC2)cc(OC)c1. The Hall–Kier alpha value is -2.05. The molecule has 6 heteroatoms. The second-order valence-corrected chi connectivity index (χ2v) is 6.43. The van der Waals surface area contributed by atoms with Gasteiger partial charge in [-0.2, -0.15) is 0 Å². The zero-order valence-corrected chi connectivity index (χ0v) is 15.2. The molecule has 25 heavy (non-hydrogen) atoms. The van der Waals surface area contributed by atoms with E-state index in [0.717, 1.165) is 55.5 Å². The van der Waals surface area contributed by atoms with Crippen molar-refractivity contribution in [1.82, 2.24) is 14.9 Å². The number of aromatic nitrogens is 2. The lowest BCUT2D eigenvalue weighted by Crippen LogP contribution is -2.33. The minimum absolute atomic E-state index is 0.195. The van der Waals surface area contributed by atoms with Crippen LogP contribution in [0, 0.1) is 5.92 Å². The van der Waals surface area contributed by atoms with Gasteiger partial charge in [0.05, 0.1) is 20.3 Å². The van der Waals surface area contributed by atoms with Gasteiger partial charge in [0.25, 0.3) is 0 Å². The topological polar surface area (TPSA) is 57.5 Å². The summed E-state index contributed by atoms with van der Waals surface area (Å²) in [4.78, 5) is 4.58. The van der Waals surface area contributed by atoms with Gasteiger partial charge < -0.3 is 24.1 Å². The number of methoxy groups -OCH3 is 2. The maximum Gasteiger partial charge on any atom is 0.125 e. The number of benzene rings is 1. The predicted molar refractivity (Wildman–Crippen MR) is 95.9 cm³/mol. The molecule has 1 N–H and O–H groups in total. The van der Waals surface area contributed by atoms with Gasteiger partial charge in [-0.3, -0.25) is 0 Å². The van der Waals surface area contributed by atoms with Crippen molar-refractivity contribution in [2.24, 2.45) is 13.0 Å². The lowest BCUT2D eigenvalue weighted by Gasteiger charge is -2.31. The number of nitrogens with one attached hydrogen (secondary N) is 1. The molecule has 0 saturated carbocycles. The minimum atomic E-state index is 0.195. The number of hydrogen-bond acceptors (Lipinski definition) is 5. The second-order valence-electron chi connectivity index (χ2n) is 6.43. The summed E-state index contributed by atoms with van der Waals surface area (Å²) in [5.74, 6) is 3.19. The summed E-state index contributed by atoms with van der Waals surface area (Å²) in [6, 6.07) is 6.16. The first-order valence-electron chi connectivity index (χ1n) is 8.71. The van der Waals surface area contributed by atoms with Crippen molar-refractivity contribution in [1.29, 1.82) is 0 Å². The maximum absolute atomic E-state index is 5.53. The predicted octanol–water partition coefficient (Wildman–Crippen LogP) is 2.69. The second kappa shape index (κ2) is 8.36. The third-order valence-electron chi connectivity index (χ3n) is 4.81. The van der Waals surface area contributed by atoms with Crippen molar-refractivity contribution >= 4 is 0 Å². The van der Waals surface area contributed by atoms with Crippen molar-refractivity contribution in [3.05, 3.63) is 42.0 Å². The van der Waals surface area contributed by atoms with Gasteiger partial charge in [0.2, 0.25) is 0 Å². The Kier molecular flexibility index (Phi) is 5.94. The lowest BCUT2D eigenvalue weighted by atomic mass is 9.91. The molecule has 2 aromatic rings. The third kappa shape index (κ3) is 4.32. The quantitative estimate of drug-likeness (QED) is 0.836. The van der Waals surface area contributed by atoms with Crippen LogP contribution in [0.25, 0.3) is 0 Å². The molecule has 1 aromatic carbocycles. The van der Waals surface area contributed by atoms with Gasteiger partial charge in [-0.1, -0.05) is 0 Å². The molecule has 2 heterocycles. The molecule has 136 valence electrons. The van der Waals surface area contributed by atoms with Crippen LogP contribution in [0.3, 0.4) is 0 Å². The van der Waals surface area contributed by atoms with E-state index < -0.39 is 0 Å². The van der Waals surface area contributed by atoms with E-state index >= 15 is 0 Å². The molecule has 1 aliphatic rings. The van der Waals surface area contributed by atoms with E-state index in [1.165, 1.54) is 0 Å². The summed E-state index contributed by atoms with van der Waals surface area (Å²) < 4.78 is 18.4.